The molecule has 53 heavy (non-hydrogen) atoms. The quantitative estimate of drug-likeness (QED) is 0.169. The van der Waals surface area contributed by atoms with E-state index in [1.807, 2.05) is 0 Å². The second kappa shape index (κ2) is 11.7. The van der Waals surface area contributed by atoms with E-state index in [0.29, 0.717) is 0 Å². The number of fused-ring (bicyclic) bond motifs is 9. The molecule has 0 spiro atoms. The van der Waals surface area contributed by atoms with E-state index in [0.717, 1.165) is 55.8 Å². The first kappa shape index (κ1) is 29.6. The van der Waals surface area contributed by atoms with Crippen molar-refractivity contribution >= 4 is 82.4 Å². The molecule has 3 nitrogen and oxygen atoms in total. The molecule has 0 fully saturated rings. The zero-order chi connectivity index (χ0) is 34.9. The summed E-state index contributed by atoms with van der Waals surface area (Å²) in [6.07, 6.45) is 0. The Balaban J connectivity index is 1.25. The third-order valence-corrected chi connectivity index (χ3v) is 10.8. The second-order valence-electron chi connectivity index (χ2n) is 13.7. The molecular formula is C50H32N2O. The molecule has 9 aromatic carbocycles. The van der Waals surface area contributed by atoms with Gasteiger partial charge in [0.1, 0.15) is 11.2 Å². The van der Waals surface area contributed by atoms with Crippen molar-refractivity contribution in [1.82, 2.24) is 4.57 Å². The van der Waals surface area contributed by atoms with Gasteiger partial charge in [0.25, 0.3) is 0 Å². The van der Waals surface area contributed by atoms with Crippen LogP contribution in [0.2, 0.25) is 0 Å². The summed E-state index contributed by atoms with van der Waals surface area (Å²) >= 11 is 0. The average molecular weight is 677 g/mol. The lowest BCUT2D eigenvalue weighted by Crippen LogP contribution is -2.11. The molecule has 3 heteroatoms. The predicted octanol–water partition coefficient (Wildman–Crippen LogP) is 14.1. The lowest BCUT2D eigenvalue weighted by Gasteiger charge is -2.28. The van der Waals surface area contributed by atoms with Crippen molar-refractivity contribution in [3.05, 3.63) is 194 Å². The van der Waals surface area contributed by atoms with Crippen LogP contribution in [0.4, 0.5) is 17.1 Å². The van der Waals surface area contributed by atoms with Crippen LogP contribution in [0, 0.1) is 0 Å². The topological polar surface area (TPSA) is 21.3 Å². The van der Waals surface area contributed by atoms with E-state index in [4.69, 9.17) is 4.42 Å². The van der Waals surface area contributed by atoms with Gasteiger partial charge in [0.05, 0.1) is 27.8 Å². The highest BCUT2D eigenvalue weighted by Crippen LogP contribution is 2.49. The van der Waals surface area contributed by atoms with Crippen molar-refractivity contribution in [2.75, 3.05) is 4.90 Å². The van der Waals surface area contributed by atoms with Crippen LogP contribution in [-0.4, -0.2) is 4.57 Å². The van der Waals surface area contributed by atoms with Gasteiger partial charge >= 0.3 is 0 Å². The number of furan rings is 1. The van der Waals surface area contributed by atoms with E-state index in [1.54, 1.807) is 0 Å². The minimum Gasteiger partial charge on any atom is -0.455 e. The molecule has 11 rings (SSSR count). The molecule has 0 saturated heterocycles. The maximum absolute atomic E-state index is 6.80. The molecule has 11 aromatic rings. The SMILES string of the molecule is c1ccc(-c2ccc(N(c3ccc4c(c3)c3ccccc3n4-c3ccccc3)c3cccc4c3ccc3ccccc34)c3c2oc2ccccc23)cc1. The van der Waals surface area contributed by atoms with Crippen LogP contribution in [0.5, 0.6) is 0 Å². The van der Waals surface area contributed by atoms with E-state index in [1.165, 1.54) is 43.4 Å². The van der Waals surface area contributed by atoms with Gasteiger partial charge in [-0.15, -0.1) is 0 Å². The Hall–Kier alpha value is -7.10. The summed E-state index contributed by atoms with van der Waals surface area (Å²) < 4.78 is 9.17. The number of hydrogen-bond donors (Lipinski definition) is 0. The van der Waals surface area contributed by atoms with E-state index in [-0.39, 0.29) is 0 Å². The van der Waals surface area contributed by atoms with Gasteiger partial charge in [-0.25, -0.2) is 0 Å². The number of rotatable bonds is 5. The highest BCUT2D eigenvalue weighted by atomic mass is 16.3. The third kappa shape index (κ3) is 4.54. The van der Waals surface area contributed by atoms with Gasteiger partial charge in [0.2, 0.25) is 0 Å². The standard InChI is InChI=1S/C50H32N2O/c1-3-14-33(15-4-1)38-29-31-47(49-42-21-10-12-25-48(42)53-50(38)49)52(45-24-13-22-39-37-19-8-7-16-34(37)26-28-41(39)45)36-27-30-46-43(32-36)40-20-9-11-23-44(40)51(46)35-17-5-2-6-18-35/h1-32H. The van der Waals surface area contributed by atoms with Crippen LogP contribution >= 0.6 is 0 Å². The molecule has 0 aliphatic heterocycles. The summed E-state index contributed by atoms with van der Waals surface area (Å²) in [5.41, 5.74) is 10.7. The van der Waals surface area contributed by atoms with Gasteiger partial charge < -0.3 is 13.9 Å². The highest BCUT2D eigenvalue weighted by Gasteiger charge is 2.24. The first-order valence-corrected chi connectivity index (χ1v) is 18.1. The summed E-state index contributed by atoms with van der Waals surface area (Å²) in [6.45, 7) is 0. The minimum atomic E-state index is 0.873. The van der Waals surface area contributed by atoms with Crippen molar-refractivity contribution in [3.8, 4) is 16.8 Å². The fourth-order valence-corrected chi connectivity index (χ4v) is 8.42. The molecule has 2 heterocycles. The molecule has 0 N–H and O–H groups in total. The smallest absolute Gasteiger partial charge is 0.145 e. The van der Waals surface area contributed by atoms with Gasteiger partial charge in [-0.2, -0.15) is 0 Å². The van der Waals surface area contributed by atoms with Crippen molar-refractivity contribution in [1.29, 1.82) is 0 Å². The van der Waals surface area contributed by atoms with E-state index in [9.17, 15) is 0 Å². The van der Waals surface area contributed by atoms with E-state index in [2.05, 4.69) is 204 Å². The Kier molecular flexibility index (Phi) is 6.55. The fourth-order valence-electron chi connectivity index (χ4n) is 8.42. The summed E-state index contributed by atoms with van der Waals surface area (Å²) in [5, 5.41) is 9.48. The van der Waals surface area contributed by atoms with Crippen molar-refractivity contribution in [2.45, 2.75) is 0 Å². The Morgan fingerprint density at radius 2 is 1.11 bits per heavy atom. The molecule has 0 bridgehead atoms. The van der Waals surface area contributed by atoms with Crippen LogP contribution in [0.1, 0.15) is 0 Å². The molecule has 0 radical (unpaired) electrons. The van der Waals surface area contributed by atoms with Crippen molar-refractivity contribution < 1.29 is 4.42 Å². The maximum Gasteiger partial charge on any atom is 0.145 e. The average Bonchev–Trinajstić information content (AvgIpc) is 3.78. The summed E-state index contributed by atoms with van der Waals surface area (Å²) in [4.78, 5) is 2.45. The number of anilines is 3. The summed E-state index contributed by atoms with van der Waals surface area (Å²) in [6, 6.07) is 69.7. The molecule has 0 atom stereocenters. The molecule has 0 aliphatic carbocycles. The molecule has 248 valence electrons. The van der Waals surface area contributed by atoms with Gasteiger partial charge in [0.15, 0.2) is 0 Å². The monoisotopic (exact) mass is 676 g/mol. The lowest BCUT2D eigenvalue weighted by molar-refractivity contribution is 0.670. The van der Waals surface area contributed by atoms with Crippen LogP contribution in [0.15, 0.2) is 199 Å². The van der Waals surface area contributed by atoms with Gasteiger partial charge in [-0.3, -0.25) is 0 Å². The van der Waals surface area contributed by atoms with Crippen LogP contribution in [0.3, 0.4) is 0 Å². The first-order valence-electron chi connectivity index (χ1n) is 18.1. The lowest BCUT2D eigenvalue weighted by atomic mass is 9.97. The van der Waals surface area contributed by atoms with Crippen LogP contribution in [-0.2, 0) is 0 Å². The van der Waals surface area contributed by atoms with Gasteiger partial charge in [-0.05, 0) is 82.4 Å². The van der Waals surface area contributed by atoms with E-state index >= 15 is 0 Å². The minimum absolute atomic E-state index is 0.873. The normalized spacial score (nSPS) is 11.8. The van der Waals surface area contributed by atoms with Gasteiger partial charge in [0, 0.05) is 38.5 Å². The zero-order valence-corrected chi connectivity index (χ0v) is 28.8. The zero-order valence-electron chi connectivity index (χ0n) is 28.8. The Morgan fingerprint density at radius 1 is 0.415 bits per heavy atom. The van der Waals surface area contributed by atoms with Crippen molar-refractivity contribution in [3.63, 3.8) is 0 Å². The molecule has 0 unspecified atom stereocenters. The molecule has 0 saturated carbocycles. The van der Waals surface area contributed by atoms with Crippen LogP contribution in [0.25, 0.3) is 82.1 Å². The Bertz CT molecular complexity index is 3170. The van der Waals surface area contributed by atoms with Crippen molar-refractivity contribution in [2.24, 2.45) is 0 Å². The summed E-state index contributed by atoms with van der Waals surface area (Å²) in [5.74, 6) is 0. The predicted molar refractivity (Wildman–Crippen MR) is 223 cm³/mol. The number of nitrogens with zero attached hydrogens (tertiary/aromatic N) is 2. The number of aromatic nitrogens is 1. The number of para-hydroxylation sites is 3. The maximum atomic E-state index is 6.80. The summed E-state index contributed by atoms with van der Waals surface area (Å²) in [7, 11) is 0. The van der Waals surface area contributed by atoms with E-state index < -0.39 is 0 Å². The first-order chi connectivity index (χ1) is 26.3. The molecule has 0 aliphatic rings. The molecular weight excluding hydrogens is 645 g/mol. The largest absolute Gasteiger partial charge is 0.455 e. The fraction of sp³-hybridized carbons (Fsp3) is 0. The van der Waals surface area contributed by atoms with Gasteiger partial charge in [-0.1, -0.05) is 133 Å². The third-order valence-electron chi connectivity index (χ3n) is 10.8. The highest BCUT2D eigenvalue weighted by molar-refractivity contribution is 6.20. The number of benzene rings is 9. The Labute approximate surface area is 306 Å². The Morgan fingerprint density at radius 3 is 1.98 bits per heavy atom. The molecule has 0 amide bonds. The molecule has 2 aromatic heterocycles. The van der Waals surface area contributed by atoms with Crippen LogP contribution < -0.4 is 4.90 Å². The second-order valence-corrected chi connectivity index (χ2v) is 13.7. The number of hydrogen-bond acceptors (Lipinski definition) is 2.